The summed E-state index contributed by atoms with van der Waals surface area (Å²) in [6.45, 7) is 0.611. The van der Waals surface area contributed by atoms with Crippen LogP contribution in [0.2, 0.25) is 0 Å². The number of aromatic nitrogens is 3. The minimum atomic E-state index is -0.224. The summed E-state index contributed by atoms with van der Waals surface area (Å²) in [7, 11) is 0. The van der Waals surface area contributed by atoms with E-state index in [9.17, 15) is 4.79 Å². The highest BCUT2D eigenvalue weighted by molar-refractivity contribution is 7.13. The molecule has 190 valence electrons. The Bertz CT molecular complexity index is 1720. The minimum absolute atomic E-state index is 0.224. The van der Waals surface area contributed by atoms with E-state index in [1.807, 2.05) is 76.9 Å². The fourth-order valence-corrected chi connectivity index (χ4v) is 5.15. The lowest BCUT2D eigenvalue weighted by Gasteiger charge is -2.10. The van der Waals surface area contributed by atoms with Crippen LogP contribution in [0, 0.1) is 0 Å². The van der Waals surface area contributed by atoms with Crippen molar-refractivity contribution < 1.29 is 4.79 Å². The molecule has 0 saturated heterocycles. The van der Waals surface area contributed by atoms with Crippen LogP contribution in [0.15, 0.2) is 121 Å². The van der Waals surface area contributed by atoms with Crippen LogP contribution in [0.25, 0.3) is 32.8 Å². The molecule has 4 aromatic carbocycles. The highest BCUT2D eigenvalue weighted by Crippen LogP contribution is 2.30. The van der Waals surface area contributed by atoms with Gasteiger partial charge < -0.3 is 11.1 Å². The molecule has 0 aliphatic rings. The van der Waals surface area contributed by atoms with Crippen LogP contribution < -0.4 is 11.1 Å². The zero-order chi connectivity index (χ0) is 26.6. The van der Waals surface area contributed by atoms with Gasteiger partial charge in [0.15, 0.2) is 0 Å². The Morgan fingerprint density at radius 3 is 2.38 bits per heavy atom. The first-order valence-electron chi connectivity index (χ1n) is 12.5. The van der Waals surface area contributed by atoms with E-state index in [4.69, 9.17) is 5.73 Å². The van der Waals surface area contributed by atoms with Gasteiger partial charge in [-0.15, -0.1) is 16.4 Å². The largest absolute Gasteiger partial charge is 0.397 e. The molecule has 39 heavy (non-hydrogen) atoms. The van der Waals surface area contributed by atoms with Gasteiger partial charge in [0.1, 0.15) is 5.69 Å². The average molecular weight is 528 g/mol. The monoisotopic (exact) mass is 527 g/mol. The SMILES string of the molecule is Nc1ccc(-c2cccs2)cc1NC(=O)c1ccc(-c2cn(Cc3cccc(-c4ccccc4)c3)nn2)cc1. The number of amides is 1. The number of nitrogens with two attached hydrogens (primary N) is 1. The molecule has 0 radical (unpaired) electrons. The number of hydrogen-bond donors (Lipinski definition) is 2. The molecule has 0 atom stereocenters. The van der Waals surface area contributed by atoms with Gasteiger partial charge in [0.05, 0.1) is 24.1 Å². The molecule has 0 aliphatic carbocycles. The fraction of sp³-hybridized carbons (Fsp3) is 0.0312. The van der Waals surface area contributed by atoms with E-state index in [0.29, 0.717) is 23.5 Å². The summed E-state index contributed by atoms with van der Waals surface area (Å²) < 4.78 is 1.82. The van der Waals surface area contributed by atoms with Crippen molar-refractivity contribution in [3.8, 4) is 32.8 Å². The Balaban J connectivity index is 1.14. The molecule has 0 bridgehead atoms. The lowest BCUT2D eigenvalue weighted by molar-refractivity contribution is 0.102. The Morgan fingerprint density at radius 1 is 0.795 bits per heavy atom. The Hall–Kier alpha value is -5.01. The van der Waals surface area contributed by atoms with Crippen LogP contribution in [0.3, 0.4) is 0 Å². The van der Waals surface area contributed by atoms with Crippen molar-refractivity contribution in [3.63, 3.8) is 0 Å². The van der Waals surface area contributed by atoms with E-state index in [1.165, 1.54) is 11.1 Å². The average Bonchev–Trinajstić information content (AvgIpc) is 3.68. The topological polar surface area (TPSA) is 85.8 Å². The fourth-order valence-electron chi connectivity index (χ4n) is 4.42. The maximum Gasteiger partial charge on any atom is 0.255 e. The first-order valence-corrected chi connectivity index (χ1v) is 13.4. The van der Waals surface area contributed by atoms with Gasteiger partial charge in [-0.3, -0.25) is 4.79 Å². The van der Waals surface area contributed by atoms with Crippen molar-refractivity contribution >= 4 is 28.6 Å². The predicted octanol–water partition coefficient (Wildman–Crippen LogP) is 7.22. The van der Waals surface area contributed by atoms with Gasteiger partial charge in [-0.05, 0) is 64.0 Å². The van der Waals surface area contributed by atoms with Gasteiger partial charge >= 0.3 is 0 Å². The first-order chi connectivity index (χ1) is 19.1. The lowest BCUT2D eigenvalue weighted by atomic mass is 10.0. The number of nitrogen functional groups attached to an aromatic ring is 1. The normalized spacial score (nSPS) is 10.9. The smallest absolute Gasteiger partial charge is 0.255 e. The number of hydrogen-bond acceptors (Lipinski definition) is 5. The number of anilines is 2. The number of carbonyl (C=O) groups excluding carboxylic acids is 1. The van der Waals surface area contributed by atoms with Gasteiger partial charge in [0, 0.05) is 16.0 Å². The van der Waals surface area contributed by atoms with E-state index in [1.54, 1.807) is 23.5 Å². The number of rotatable bonds is 7. The van der Waals surface area contributed by atoms with Gasteiger partial charge in [0.2, 0.25) is 0 Å². The second kappa shape index (κ2) is 10.8. The zero-order valence-corrected chi connectivity index (χ0v) is 21.8. The van der Waals surface area contributed by atoms with Gasteiger partial charge in [0.25, 0.3) is 5.91 Å². The molecule has 0 aliphatic heterocycles. The molecule has 0 unspecified atom stereocenters. The maximum atomic E-state index is 13.0. The van der Waals surface area contributed by atoms with E-state index < -0.39 is 0 Å². The summed E-state index contributed by atoms with van der Waals surface area (Å²) in [6.07, 6.45) is 1.92. The summed E-state index contributed by atoms with van der Waals surface area (Å²) >= 11 is 1.64. The quantitative estimate of drug-likeness (QED) is 0.215. The van der Waals surface area contributed by atoms with Crippen molar-refractivity contribution in [1.82, 2.24) is 15.0 Å². The molecule has 7 heteroatoms. The van der Waals surface area contributed by atoms with Crippen LogP contribution in [0.1, 0.15) is 15.9 Å². The molecule has 6 rings (SSSR count). The Morgan fingerprint density at radius 2 is 1.59 bits per heavy atom. The standard InChI is InChI=1S/C32H25N5OS/c33-28-16-15-27(31-10-5-17-39-31)19-29(28)34-32(38)25-13-11-24(12-14-25)30-21-37(36-35-30)20-22-6-4-9-26(18-22)23-7-2-1-3-8-23/h1-19,21H,20,33H2,(H,34,38). The number of carbonyl (C=O) groups is 1. The van der Waals surface area contributed by atoms with E-state index >= 15 is 0 Å². The molecule has 6 aromatic rings. The molecule has 6 nitrogen and oxygen atoms in total. The third kappa shape index (κ3) is 5.49. The van der Waals surface area contributed by atoms with Crippen LogP contribution in [0.5, 0.6) is 0 Å². The van der Waals surface area contributed by atoms with Crippen molar-refractivity contribution in [1.29, 1.82) is 0 Å². The van der Waals surface area contributed by atoms with Gasteiger partial charge in [-0.2, -0.15) is 0 Å². The van der Waals surface area contributed by atoms with Crippen molar-refractivity contribution in [3.05, 3.63) is 132 Å². The molecule has 1 amide bonds. The molecule has 0 saturated carbocycles. The van der Waals surface area contributed by atoms with Crippen molar-refractivity contribution in [2.75, 3.05) is 11.1 Å². The molecule has 0 spiro atoms. The molecular formula is C32H25N5OS. The molecule has 2 heterocycles. The molecular weight excluding hydrogens is 502 g/mol. The number of nitrogens with one attached hydrogen (secondary N) is 1. The number of thiophene rings is 1. The molecule has 3 N–H and O–H groups in total. The van der Waals surface area contributed by atoms with E-state index in [-0.39, 0.29) is 5.91 Å². The number of benzene rings is 4. The van der Waals surface area contributed by atoms with Crippen LogP contribution in [-0.2, 0) is 6.54 Å². The summed E-state index contributed by atoms with van der Waals surface area (Å²) in [6, 6.07) is 35.8. The Kier molecular flexibility index (Phi) is 6.72. The van der Waals surface area contributed by atoms with Crippen LogP contribution >= 0.6 is 11.3 Å². The number of nitrogens with zero attached hydrogens (tertiary/aromatic N) is 3. The first kappa shape index (κ1) is 24.3. The highest BCUT2D eigenvalue weighted by atomic mass is 32.1. The second-order valence-corrected chi connectivity index (χ2v) is 10.1. The minimum Gasteiger partial charge on any atom is -0.397 e. The van der Waals surface area contributed by atoms with E-state index in [2.05, 4.69) is 52.0 Å². The van der Waals surface area contributed by atoms with Crippen LogP contribution in [-0.4, -0.2) is 20.9 Å². The highest BCUT2D eigenvalue weighted by Gasteiger charge is 2.12. The van der Waals surface area contributed by atoms with Gasteiger partial charge in [-0.25, -0.2) is 4.68 Å². The lowest BCUT2D eigenvalue weighted by Crippen LogP contribution is -2.13. The third-order valence-corrected chi connectivity index (χ3v) is 7.39. The van der Waals surface area contributed by atoms with Crippen molar-refractivity contribution in [2.24, 2.45) is 0 Å². The zero-order valence-electron chi connectivity index (χ0n) is 21.0. The summed E-state index contributed by atoms with van der Waals surface area (Å²) in [5.41, 5.74) is 13.9. The summed E-state index contributed by atoms with van der Waals surface area (Å²) in [4.78, 5) is 14.1. The molecule has 2 aromatic heterocycles. The summed E-state index contributed by atoms with van der Waals surface area (Å²) in [5, 5.41) is 13.6. The van der Waals surface area contributed by atoms with Crippen LogP contribution in [0.4, 0.5) is 11.4 Å². The maximum absolute atomic E-state index is 13.0. The third-order valence-electron chi connectivity index (χ3n) is 6.47. The van der Waals surface area contributed by atoms with Crippen molar-refractivity contribution in [2.45, 2.75) is 6.54 Å². The molecule has 0 fully saturated rings. The summed E-state index contributed by atoms with van der Waals surface area (Å²) in [5.74, 6) is -0.224. The van der Waals surface area contributed by atoms with Gasteiger partial charge in [-0.1, -0.05) is 78.0 Å². The Labute approximate surface area is 230 Å². The van der Waals surface area contributed by atoms with E-state index in [0.717, 1.165) is 27.3 Å². The predicted molar refractivity (Wildman–Crippen MR) is 159 cm³/mol. The second-order valence-electron chi connectivity index (χ2n) is 9.18.